The first-order chi connectivity index (χ1) is 9.58. The van der Waals surface area contributed by atoms with Crippen molar-refractivity contribution in [3.63, 3.8) is 0 Å². The van der Waals surface area contributed by atoms with Gasteiger partial charge in [-0.1, -0.05) is 0 Å². The van der Waals surface area contributed by atoms with Gasteiger partial charge in [-0.15, -0.1) is 0 Å². The molecule has 2 aromatic rings. The van der Waals surface area contributed by atoms with Gasteiger partial charge < -0.3 is 10.0 Å². The molecule has 2 aromatic heterocycles. The summed E-state index contributed by atoms with van der Waals surface area (Å²) in [7, 11) is 1.88. The molecule has 6 heteroatoms. The fourth-order valence-electron chi connectivity index (χ4n) is 3.02. The molecule has 1 aliphatic rings. The van der Waals surface area contributed by atoms with Crippen molar-refractivity contribution in [2.75, 3.05) is 18.0 Å². The van der Waals surface area contributed by atoms with Crippen LogP contribution in [0.4, 0.5) is 5.69 Å². The van der Waals surface area contributed by atoms with Crippen LogP contribution in [0.2, 0.25) is 0 Å². The molecule has 1 unspecified atom stereocenters. The summed E-state index contributed by atoms with van der Waals surface area (Å²) in [5.41, 5.74) is 2.83. The maximum Gasteiger partial charge on any atom is 0.308 e. The van der Waals surface area contributed by atoms with Gasteiger partial charge in [0.2, 0.25) is 0 Å². The van der Waals surface area contributed by atoms with Crippen LogP contribution in [0.1, 0.15) is 18.5 Å². The number of aryl methyl sites for hydroxylation is 2. The molecule has 1 N–H and O–H groups in total. The predicted octanol–water partition coefficient (Wildman–Crippen LogP) is 1.58. The number of carbonyl (C=O) groups is 1. The molecule has 1 aliphatic heterocycles. The van der Waals surface area contributed by atoms with Gasteiger partial charge in [-0.2, -0.15) is 5.10 Å². The second-order valence-corrected chi connectivity index (χ2v) is 5.36. The standard InChI is InChI=1S/C14H18N4O2/c1-9-12-11(5-6-15-13(12)17(2)16-9)18-7-3-4-10(8-18)14(19)20/h5-6,10H,3-4,7-8H2,1-2H3,(H,19,20). The van der Waals surface area contributed by atoms with E-state index in [0.29, 0.717) is 6.54 Å². The topological polar surface area (TPSA) is 71.2 Å². The van der Waals surface area contributed by atoms with E-state index in [1.165, 1.54) is 0 Å². The highest BCUT2D eigenvalue weighted by molar-refractivity contribution is 5.92. The molecule has 0 spiro atoms. The van der Waals surface area contributed by atoms with Crippen LogP contribution in [0, 0.1) is 12.8 Å². The van der Waals surface area contributed by atoms with Gasteiger partial charge in [-0.3, -0.25) is 9.48 Å². The van der Waals surface area contributed by atoms with E-state index < -0.39 is 5.97 Å². The predicted molar refractivity (Wildman–Crippen MR) is 75.8 cm³/mol. The van der Waals surface area contributed by atoms with Gasteiger partial charge in [-0.25, -0.2) is 4.98 Å². The van der Waals surface area contributed by atoms with Crippen LogP contribution >= 0.6 is 0 Å². The third-order valence-electron chi connectivity index (χ3n) is 3.99. The van der Waals surface area contributed by atoms with Crippen LogP contribution in [0.5, 0.6) is 0 Å². The lowest BCUT2D eigenvalue weighted by atomic mass is 9.97. The van der Waals surface area contributed by atoms with E-state index in [-0.39, 0.29) is 5.92 Å². The summed E-state index contributed by atoms with van der Waals surface area (Å²) in [4.78, 5) is 17.7. The zero-order valence-corrected chi connectivity index (χ0v) is 11.7. The normalized spacial score (nSPS) is 19.5. The Labute approximate surface area is 117 Å². The highest BCUT2D eigenvalue weighted by Gasteiger charge is 2.27. The van der Waals surface area contributed by atoms with Crippen molar-refractivity contribution in [1.29, 1.82) is 0 Å². The monoisotopic (exact) mass is 274 g/mol. The summed E-state index contributed by atoms with van der Waals surface area (Å²) in [5, 5.41) is 14.7. The summed E-state index contributed by atoms with van der Waals surface area (Å²) >= 11 is 0. The van der Waals surface area contributed by atoms with Crippen molar-refractivity contribution < 1.29 is 9.90 Å². The number of nitrogens with zero attached hydrogens (tertiary/aromatic N) is 4. The first-order valence-corrected chi connectivity index (χ1v) is 6.84. The minimum absolute atomic E-state index is 0.288. The zero-order valence-electron chi connectivity index (χ0n) is 11.7. The molecule has 1 saturated heterocycles. The number of aliphatic carboxylic acids is 1. The van der Waals surface area contributed by atoms with Crippen molar-refractivity contribution in [2.45, 2.75) is 19.8 Å². The summed E-state index contributed by atoms with van der Waals surface area (Å²) in [6, 6.07) is 1.96. The van der Waals surface area contributed by atoms with Gasteiger partial charge in [0.15, 0.2) is 5.65 Å². The Morgan fingerprint density at radius 1 is 1.50 bits per heavy atom. The largest absolute Gasteiger partial charge is 0.481 e. The van der Waals surface area contributed by atoms with Crippen LogP contribution < -0.4 is 4.90 Å². The average Bonchev–Trinajstić information content (AvgIpc) is 2.74. The number of hydrogen-bond donors (Lipinski definition) is 1. The van der Waals surface area contributed by atoms with Crippen LogP contribution in [-0.4, -0.2) is 38.9 Å². The van der Waals surface area contributed by atoms with Crippen molar-refractivity contribution in [2.24, 2.45) is 13.0 Å². The van der Waals surface area contributed by atoms with Crippen molar-refractivity contribution in [3.8, 4) is 0 Å². The minimum Gasteiger partial charge on any atom is -0.481 e. The Kier molecular flexibility index (Phi) is 3.08. The van der Waals surface area contributed by atoms with Gasteiger partial charge in [-0.05, 0) is 25.8 Å². The molecule has 0 amide bonds. The molecule has 3 heterocycles. The molecular weight excluding hydrogens is 256 g/mol. The van der Waals surface area contributed by atoms with Crippen LogP contribution in [-0.2, 0) is 11.8 Å². The number of rotatable bonds is 2. The number of carboxylic acids is 1. The smallest absolute Gasteiger partial charge is 0.308 e. The summed E-state index contributed by atoms with van der Waals surface area (Å²) in [5.74, 6) is -0.994. The van der Waals surface area contributed by atoms with Gasteiger partial charge in [0.1, 0.15) is 0 Å². The highest BCUT2D eigenvalue weighted by atomic mass is 16.4. The summed E-state index contributed by atoms with van der Waals surface area (Å²) in [6.07, 6.45) is 3.43. The number of carboxylic acid groups (broad SMARTS) is 1. The fourth-order valence-corrected chi connectivity index (χ4v) is 3.02. The quantitative estimate of drug-likeness (QED) is 0.900. The molecule has 1 atom stereocenters. The van der Waals surface area contributed by atoms with Gasteiger partial charge in [0.05, 0.1) is 22.7 Å². The molecule has 106 valence electrons. The Bertz CT molecular complexity index is 664. The lowest BCUT2D eigenvalue weighted by Gasteiger charge is -2.32. The molecule has 0 aliphatic carbocycles. The first kappa shape index (κ1) is 12.9. The molecule has 1 fully saturated rings. The maximum atomic E-state index is 11.2. The molecule has 0 bridgehead atoms. The number of aromatic nitrogens is 3. The third kappa shape index (κ3) is 2.01. The lowest BCUT2D eigenvalue weighted by Crippen LogP contribution is -2.38. The van der Waals surface area contributed by atoms with Crippen molar-refractivity contribution >= 4 is 22.7 Å². The number of pyridine rings is 1. The Hall–Kier alpha value is -2.11. The molecule has 0 radical (unpaired) electrons. The molecule has 6 nitrogen and oxygen atoms in total. The Balaban J connectivity index is 2.03. The van der Waals surface area contributed by atoms with Gasteiger partial charge in [0, 0.05) is 26.3 Å². The number of fused-ring (bicyclic) bond motifs is 1. The second-order valence-electron chi connectivity index (χ2n) is 5.36. The summed E-state index contributed by atoms with van der Waals surface area (Å²) in [6.45, 7) is 3.41. The minimum atomic E-state index is -0.706. The van der Waals surface area contributed by atoms with E-state index >= 15 is 0 Å². The Morgan fingerprint density at radius 2 is 2.30 bits per heavy atom. The van der Waals surface area contributed by atoms with Crippen LogP contribution in [0.15, 0.2) is 12.3 Å². The van der Waals surface area contributed by atoms with Crippen molar-refractivity contribution in [3.05, 3.63) is 18.0 Å². The van der Waals surface area contributed by atoms with Crippen molar-refractivity contribution in [1.82, 2.24) is 14.8 Å². The molecule has 0 aromatic carbocycles. The average molecular weight is 274 g/mol. The molecule has 0 saturated carbocycles. The van der Waals surface area contributed by atoms with Crippen LogP contribution in [0.3, 0.4) is 0 Å². The van der Waals surface area contributed by atoms with E-state index in [0.717, 1.165) is 41.8 Å². The van der Waals surface area contributed by atoms with Crippen LogP contribution in [0.25, 0.3) is 11.0 Å². The van der Waals surface area contributed by atoms with E-state index in [4.69, 9.17) is 0 Å². The Morgan fingerprint density at radius 3 is 3.05 bits per heavy atom. The first-order valence-electron chi connectivity index (χ1n) is 6.84. The molecular formula is C14H18N4O2. The highest BCUT2D eigenvalue weighted by Crippen LogP contribution is 2.31. The SMILES string of the molecule is Cc1nn(C)c2nccc(N3CCCC(C(=O)O)C3)c12. The second kappa shape index (κ2) is 4.77. The number of anilines is 1. The van der Waals surface area contributed by atoms with E-state index in [2.05, 4.69) is 15.0 Å². The molecule has 20 heavy (non-hydrogen) atoms. The van der Waals surface area contributed by atoms with E-state index in [9.17, 15) is 9.90 Å². The third-order valence-corrected chi connectivity index (χ3v) is 3.99. The fraction of sp³-hybridized carbons (Fsp3) is 0.500. The van der Waals surface area contributed by atoms with E-state index in [1.807, 2.05) is 20.0 Å². The van der Waals surface area contributed by atoms with Gasteiger partial charge in [0.25, 0.3) is 0 Å². The molecule has 3 rings (SSSR count). The lowest BCUT2D eigenvalue weighted by molar-refractivity contribution is -0.141. The van der Waals surface area contributed by atoms with Gasteiger partial charge >= 0.3 is 5.97 Å². The maximum absolute atomic E-state index is 11.2. The number of piperidine rings is 1. The summed E-state index contributed by atoms with van der Waals surface area (Å²) < 4.78 is 1.77. The number of hydrogen-bond acceptors (Lipinski definition) is 4. The zero-order chi connectivity index (χ0) is 14.3. The van der Waals surface area contributed by atoms with E-state index in [1.54, 1.807) is 10.9 Å².